The largest absolute Gasteiger partial charge is 0.353 e. The van der Waals surface area contributed by atoms with Crippen LogP contribution in [0.3, 0.4) is 0 Å². The van der Waals surface area contributed by atoms with Gasteiger partial charge in [0.2, 0.25) is 5.95 Å². The first-order chi connectivity index (χ1) is 5.83. The standard InChI is InChI=1S/C7H13BrN4/c1-2-3-4-5-9-7-10-6(8)11-12-7/h2-5H2,1H3,(H2,9,10,11,12). The topological polar surface area (TPSA) is 53.6 Å². The Balaban J connectivity index is 2.15. The second kappa shape index (κ2) is 5.13. The molecular formula is C7H13BrN4. The van der Waals surface area contributed by atoms with E-state index in [9.17, 15) is 0 Å². The van der Waals surface area contributed by atoms with Crippen molar-refractivity contribution in [1.82, 2.24) is 15.2 Å². The van der Waals surface area contributed by atoms with E-state index in [4.69, 9.17) is 0 Å². The maximum Gasteiger partial charge on any atom is 0.242 e. The van der Waals surface area contributed by atoms with Crippen LogP contribution in [0.15, 0.2) is 4.73 Å². The van der Waals surface area contributed by atoms with E-state index in [1.54, 1.807) is 0 Å². The fraction of sp³-hybridized carbons (Fsp3) is 0.714. The van der Waals surface area contributed by atoms with Crippen molar-refractivity contribution in [2.45, 2.75) is 26.2 Å². The number of H-pyrrole nitrogens is 1. The highest BCUT2D eigenvalue weighted by Gasteiger charge is 1.97. The minimum Gasteiger partial charge on any atom is -0.353 e. The van der Waals surface area contributed by atoms with Crippen LogP contribution in [-0.4, -0.2) is 21.7 Å². The van der Waals surface area contributed by atoms with Gasteiger partial charge in [-0.3, -0.25) is 5.10 Å². The third-order valence-electron chi connectivity index (χ3n) is 1.52. The molecular weight excluding hydrogens is 220 g/mol. The van der Waals surface area contributed by atoms with E-state index in [1.165, 1.54) is 19.3 Å². The van der Waals surface area contributed by atoms with Crippen LogP contribution in [0.25, 0.3) is 0 Å². The van der Waals surface area contributed by atoms with Crippen LogP contribution in [0.4, 0.5) is 5.95 Å². The third-order valence-corrected chi connectivity index (χ3v) is 1.88. The lowest BCUT2D eigenvalue weighted by molar-refractivity contribution is 0.740. The van der Waals surface area contributed by atoms with E-state index in [0.29, 0.717) is 10.7 Å². The van der Waals surface area contributed by atoms with E-state index in [2.05, 4.69) is 43.4 Å². The van der Waals surface area contributed by atoms with Crippen LogP contribution >= 0.6 is 15.9 Å². The summed E-state index contributed by atoms with van der Waals surface area (Å²) in [5.74, 6) is 0.665. The lowest BCUT2D eigenvalue weighted by Crippen LogP contribution is -2.02. The van der Waals surface area contributed by atoms with Crippen molar-refractivity contribution < 1.29 is 0 Å². The number of aromatic amines is 1. The number of anilines is 1. The van der Waals surface area contributed by atoms with Crippen molar-refractivity contribution in [2.75, 3.05) is 11.9 Å². The summed E-state index contributed by atoms with van der Waals surface area (Å²) < 4.78 is 0.667. The molecule has 0 spiro atoms. The second-order valence-electron chi connectivity index (χ2n) is 2.58. The number of hydrogen-bond donors (Lipinski definition) is 2. The quantitative estimate of drug-likeness (QED) is 0.766. The van der Waals surface area contributed by atoms with Gasteiger partial charge in [-0.15, -0.1) is 5.10 Å². The van der Waals surface area contributed by atoms with Crippen LogP contribution < -0.4 is 5.32 Å². The Morgan fingerprint density at radius 3 is 2.92 bits per heavy atom. The number of nitrogens with zero attached hydrogens (tertiary/aromatic N) is 2. The smallest absolute Gasteiger partial charge is 0.242 e. The summed E-state index contributed by atoms with van der Waals surface area (Å²) in [7, 11) is 0. The molecule has 5 heteroatoms. The summed E-state index contributed by atoms with van der Waals surface area (Å²) >= 11 is 3.19. The van der Waals surface area contributed by atoms with E-state index in [1.807, 2.05) is 0 Å². The van der Waals surface area contributed by atoms with Gasteiger partial charge in [0.05, 0.1) is 0 Å². The second-order valence-corrected chi connectivity index (χ2v) is 3.33. The number of halogens is 1. The van der Waals surface area contributed by atoms with Crippen LogP contribution in [-0.2, 0) is 0 Å². The molecule has 1 rings (SSSR count). The molecule has 0 atom stereocenters. The van der Waals surface area contributed by atoms with Crippen LogP contribution in [0, 0.1) is 0 Å². The normalized spacial score (nSPS) is 10.2. The summed E-state index contributed by atoms with van der Waals surface area (Å²) in [5, 5.41) is 9.74. The first-order valence-corrected chi connectivity index (χ1v) is 4.94. The molecule has 12 heavy (non-hydrogen) atoms. The van der Waals surface area contributed by atoms with Gasteiger partial charge in [0.15, 0.2) is 4.73 Å². The zero-order chi connectivity index (χ0) is 8.81. The fourth-order valence-corrected chi connectivity index (χ4v) is 1.15. The molecule has 0 bridgehead atoms. The minimum absolute atomic E-state index is 0.665. The molecule has 0 aliphatic rings. The molecule has 0 aliphatic carbocycles. The zero-order valence-corrected chi connectivity index (χ0v) is 8.69. The molecule has 0 saturated carbocycles. The van der Waals surface area contributed by atoms with Crippen LogP contribution in [0.1, 0.15) is 26.2 Å². The summed E-state index contributed by atoms with van der Waals surface area (Å²) in [6, 6.07) is 0. The Morgan fingerprint density at radius 1 is 1.50 bits per heavy atom. The number of aromatic nitrogens is 3. The average molecular weight is 233 g/mol. The Kier molecular flexibility index (Phi) is 4.07. The SMILES string of the molecule is CCCCCNc1n[nH]c(Br)n1. The van der Waals surface area contributed by atoms with E-state index in [0.717, 1.165) is 6.54 Å². The molecule has 0 saturated heterocycles. The lowest BCUT2D eigenvalue weighted by atomic mass is 10.2. The monoisotopic (exact) mass is 232 g/mol. The third kappa shape index (κ3) is 3.21. The Morgan fingerprint density at radius 2 is 2.33 bits per heavy atom. The van der Waals surface area contributed by atoms with E-state index in [-0.39, 0.29) is 0 Å². The number of unbranched alkanes of at least 4 members (excludes halogenated alkanes) is 2. The predicted octanol–water partition coefficient (Wildman–Crippen LogP) is 2.17. The highest BCUT2D eigenvalue weighted by atomic mass is 79.9. The van der Waals surface area contributed by atoms with Gasteiger partial charge >= 0.3 is 0 Å². The first-order valence-electron chi connectivity index (χ1n) is 4.14. The van der Waals surface area contributed by atoms with Gasteiger partial charge in [0.1, 0.15) is 0 Å². The molecule has 4 nitrogen and oxygen atoms in total. The van der Waals surface area contributed by atoms with Crippen LogP contribution in [0.2, 0.25) is 0 Å². The summed E-state index contributed by atoms with van der Waals surface area (Å²) in [5.41, 5.74) is 0. The van der Waals surface area contributed by atoms with Crippen molar-refractivity contribution in [3.63, 3.8) is 0 Å². The molecule has 0 radical (unpaired) electrons. The van der Waals surface area contributed by atoms with Crippen LogP contribution in [0.5, 0.6) is 0 Å². The maximum atomic E-state index is 4.05. The Bertz CT molecular complexity index is 223. The van der Waals surface area contributed by atoms with Gasteiger partial charge in [0.25, 0.3) is 0 Å². The molecule has 0 aromatic carbocycles. The minimum atomic E-state index is 0.665. The molecule has 0 aliphatic heterocycles. The van der Waals surface area contributed by atoms with E-state index < -0.39 is 0 Å². The highest BCUT2D eigenvalue weighted by Crippen LogP contribution is 2.04. The van der Waals surface area contributed by atoms with Crippen molar-refractivity contribution in [3.8, 4) is 0 Å². The lowest BCUT2D eigenvalue weighted by Gasteiger charge is -1.98. The molecule has 0 unspecified atom stereocenters. The summed E-state index contributed by atoms with van der Waals surface area (Å²) in [6.45, 7) is 3.13. The number of nitrogens with one attached hydrogen (secondary N) is 2. The van der Waals surface area contributed by atoms with Gasteiger partial charge in [-0.05, 0) is 22.4 Å². The molecule has 0 fully saturated rings. The van der Waals surface area contributed by atoms with Gasteiger partial charge in [-0.1, -0.05) is 19.8 Å². The summed E-state index contributed by atoms with van der Waals surface area (Å²) in [4.78, 5) is 4.05. The molecule has 1 heterocycles. The molecule has 2 N–H and O–H groups in total. The van der Waals surface area contributed by atoms with E-state index >= 15 is 0 Å². The first kappa shape index (κ1) is 9.51. The number of hydrogen-bond acceptors (Lipinski definition) is 3. The average Bonchev–Trinajstić information content (AvgIpc) is 2.45. The van der Waals surface area contributed by atoms with Crippen molar-refractivity contribution in [2.24, 2.45) is 0 Å². The fourth-order valence-electron chi connectivity index (χ4n) is 0.896. The molecule has 1 aromatic rings. The molecule has 0 amide bonds. The Labute approximate surface area is 80.3 Å². The van der Waals surface area contributed by atoms with Crippen molar-refractivity contribution in [3.05, 3.63) is 4.73 Å². The highest BCUT2D eigenvalue weighted by molar-refractivity contribution is 9.10. The molecule has 68 valence electrons. The molecule has 1 aromatic heterocycles. The summed E-state index contributed by atoms with van der Waals surface area (Å²) in [6.07, 6.45) is 3.65. The van der Waals surface area contributed by atoms with Crippen molar-refractivity contribution >= 4 is 21.9 Å². The van der Waals surface area contributed by atoms with Gasteiger partial charge in [-0.25, -0.2) is 0 Å². The number of rotatable bonds is 5. The van der Waals surface area contributed by atoms with Gasteiger partial charge < -0.3 is 5.32 Å². The van der Waals surface area contributed by atoms with Gasteiger partial charge in [0, 0.05) is 6.54 Å². The predicted molar refractivity (Wildman–Crippen MR) is 52.1 cm³/mol. The van der Waals surface area contributed by atoms with Crippen molar-refractivity contribution in [1.29, 1.82) is 0 Å². The Hall–Kier alpha value is -0.580. The maximum absolute atomic E-state index is 4.05. The van der Waals surface area contributed by atoms with Gasteiger partial charge in [-0.2, -0.15) is 4.98 Å². The zero-order valence-electron chi connectivity index (χ0n) is 7.10.